The third kappa shape index (κ3) is 3.15. The van der Waals surface area contributed by atoms with Gasteiger partial charge in [0.25, 0.3) is 0 Å². The molecule has 1 heterocycles. The first kappa shape index (κ1) is 14.5. The Labute approximate surface area is 119 Å². The second kappa shape index (κ2) is 6.49. The zero-order valence-electron chi connectivity index (χ0n) is 10.4. The molecular weight excluding hydrogens is 282 g/mol. The third-order valence-corrected chi connectivity index (χ3v) is 3.21. The van der Waals surface area contributed by atoms with E-state index in [0.29, 0.717) is 21.6 Å². The highest BCUT2D eigenvalue weighted by Gasteiger charge is 2.18. The van der Waals surface area contributed by atoms with Gasteiger partial charge in [0.15, 0.2) is 0 Å². The molecule has 0 radical (unpaired) electrons. The third-order valence-electron chi connectivity index (χ3n) is 2.91. The van der Waals surface area contributed by atoms with Crippen LogP contribution in [0.1, 0.15) is 18.1 Å². The molecule has 2 rings (SSSR count). The normalized spacial score (nSPS) is 13.8. The van der Waals surface area contributed by atoms with Crippen molar-refractivity contribution in [2.24, 2.45) is 5.11 Å². The Balaban J connectivity index is 2.21. The molecule has 2 N–H and O–H groups in total. The van der Waals surface area contributed by atoms with E-state index in [1.807, 2.05) is 0 Å². The van der Waals surface area contributed by atoms with Gasteiger partial charge in [-0.3, -0.25) is 0 Å². The number of aliphatic hydroxyl groups is 2. The molecule has 0 fully saturated rings. The van der Waals surface area contributed by atoms with E-state index in [0.717, 1.165) is 0 Å². The SMILES string of the molecule is [N-]=[N+]=NCCC(O)C(O)c1ccc2c(Cl)ncnc2c1. The van der Waals surface area contributed by atoms with Crippen LogP contribution in [-0.2, 0) is 0 Å². The molecule has 0 bridgehead atoms. The van der Waals surface area contributed by atoms with Crippen molar-refractivity contribution in [1.29, 1.82) is 0 Å². The number of halogens is 1. The number of hydrogen-bond donors (Lipinski definition) is 2. The molecule has 0 amide bonds. The second-order valence-corrected chi connectivity index (χ2v) is 4.55. The fourth-order valence-corrected chi connectivity index (χ4v) is 2.04. The lowest BCUT2D eigenvalue weighted by molar-refractivity contribution is 0.0151. The van der Waals surface area contributed by atoms with Gasteiger partial charge in [-0.1, -0.05) is 22.8 Å². The first-order valence-corrected chi connectivity index (χ1v) is 6.28. The maximum absolute atomic E-state index is 10.1. The highest BCUT2D eigenvalue weighted by atomic mass is 35.5. The largest absolute Gasteiger partial charge is 0.390 e. The molecule has 8 heteroatoms. The summed E-state index contributed by atoms with van der Waals surface area (Å²) < 4.78 is 0. The molecular formula is C12H12ClN5O2. The Bertz CT molecular complexity index is 659. The number of hydrogen-bond acceptors (Lipinski definition) is 5. The summed E-state index contributed by atoms with van der Waals surface area (Å²) in [5, 5.41) is 24.2. The molecule has 20 heavy (non-hydrogen) atoms. The lowest BCUT2D eigenvalue weighted by Gasteiger charge is -2.17. The zero-order chi connectivity index (χ0) is 14.5. The molecule has 0 saturated heterocycles. The predicted molar refractivity (Wildman–Crippen MR) is 74.1 cm³/mol. The van der Waals surface area contributed by atoms with Crippen molar-refractivity contribution < 1.29 is 10.2 Å². The van der Waals surface area contributed by atoms with Crippen molar-refractivity contribution in [1.82, 2.24) is 9.97 Å². The number of aliphatic hydroxyl groups excluding tert-OH is 2. The van der Waals surface area contributed by atoms with E-state index in [1.54, 1.807) is 18.2 Å². The molecule has 2 unspecified atom stereocenters. The highest BCUT2D eigenvalue weighted by molar-refractivity contribution is 6.34. The lowest BCUT2D eigenvalue weighted by atomic mass is 10.0. The van der Waals surface area contributed by atoms with Gasteiger partial charge in [0, 0.05) is 16.8 Å². The van der Waals surface area contributed by atoms with E-state index in [9.17, 15) is 10.2 Å². The summed E-state index contributed by atoms with van der Waals surface area (Å²) in [6.07, 6.45) is -0.593. The van der Waals surface area contributed by atoms with Gasteiger partial charge in [0.2, 0.25) is 0 Å². The number of azide groups is 1. The molecule has 7 nitrogen and oxygen atoms in total. The molecule has 0 aliphatic rings. The van der Waals surface area contributed by atoms with Gasteiger partial charge in [-0.05, 0) is 29.6 Å². The number of rotatable bonds is 5. The Hall–Kier alpha value is -1.92. The molecule has 1 aromatic carbocycles. The van der Waals surface area contributed by atoms with Crippen LogP contribution in [0.2, 0.25) is 5.15 Å². The highest BCUT2D eigenvalue weighted by Crippen LogP contribution is 2.25. The van der Waals surface area contributed by atoms with E-state index in [-0.39, 0.29) is 13.0 Å². The topological polar surface area (TPSA) is 115 Å². The maximum atomic E-state index is 10.1. The van der Waals surface area contributed by atoms with Gasteiger partial charge >= 0.3 is 0 Å². The number of fused-ring (bicyclic) bond motifs is 1. The fourth-order valence-electron chi connectivity index (χ4n) is 1.84. The fraction of sp³-hybridized carbons (Fsp3) is 0.333. The van der Waals surface area contributed by atoms with E-state index >= 15 is 0 Å². The van der Waals surface area contributed by atoms with Crippen molar-refractivity contribution in [3.05, 3.63) is 45.7 Å². The molecule has 0 aliphatic heterocycles. The van der Waals surface area contributed by atoms with Gasteiger partial charge in [0.05, 0.1) is 11.6 Å². The van der Waals surface area contributed by atoms with E-state index < -0.39 is 12.2 Å². The first-order valence-electron chi connectivity index (χ1n) is 5.90. The van der Waals surface area contributed by atoms with Crippen molar-refractivity contribution in [3.8, 4) is 0 Å². The Morgan fingerprint density at radius 1 is 1.35 bits per heavy atom. The lowest BCUT2D eigenvalue weighted by Crippen LogP contribution is -2.19. The van der Waals surface area contributed by atoms with Gasteiger partial charge in [0.1, 0.15) is 17.6 Å². The maximum Gasteiger partial charge on any atom is 0.140 e. The Morgan fingerprint density at radius 3 is 2.90 bits per heavy atom. The van der Waals surface area contributed by atoms with Crippen LogP contribution < -0.4 is 0 Å². The van der Waals surface area contributed by atoms with Gasteiger partial charge in [-0.25, -0.2) is 9.97 Å². The molecule has 0 spiro atoms. The molecule has 2 aromatic rings. The average molecular weight is 294 g/mol. The summed E-state index contributed by atoms with van der Waals surface area (Å²) in [6.45, 7) is 0.121. The van der Waals surface area contributed by atoms with Crippen LogP contribution in [0, 0.1) is 0 Å². The average Bonchev–Trinajstić information content (AvgIpc) is 2.46. The van der Waals surface area contributed by atoms with Crippen molar-refractivity contribution in [2.75, 3.05) is 6.54 Å². The summed E-state index contributed by atoms with van der Waals surface area (Å²) in [5.41, 5.74) is 9.27. The van der Waals surface area contributed by atoms with Crippen LogP contribution in [-0.4, -0.2) is 32.8 Å². The molecule has 1 aromatic heterocycles. The quantitative estimate of drug-likeness (QED) is 0.381. The van der Waals surface area contributed by atoms with Crippen molar-refractivity contribution >= 4 is 22.5 Å². The van der Waals surface area contributed by atoms with Gasteiger partial charge in [-0.15, -0.1) is 0 Å². The minimum Gasteiger partial charge on any atom is -0.390 e. The van der Waals surface area contributed by atoms with Crippen LogP contribution in [0.4, 0.5) is 0 Å². The number of nitrogens with zero attached hydrogens (tertiary/aromatic N) is 5. The van der Waals surface area contributed by atoms with Crippen LogP contribution in [0.15, 0.2) is 29.6 Å². The summed E-state index contributed by atoms with van der Waals surface area (Å²) in [4.78, 5) is 10.5. The number of benzene rings is 1. The zero-order valence-corrected chi connectivity index (χ0v) is 11.1. The molecule has 0 aliphatic carbocycles. The Kier molecular flexibility index (Phi) is 4.70. The van der Waals surface area contributed by atoms with Crippen LogP contribution in [0.25, 0.3) is 21.3 Å². The summed E-state index contributed by atoms with van der Waals surface area (Å²) >= 11 is 5.93. The van der Waals surface area contributed by atoms with Crippen LogP contribution >= 0.6 is 11.6 Å². The predicted octanol–water partition coefficient (Wildman–Crippen LogP) is 2.38. The summed E-state index contributed by atoms with van der Waals surface area (Å²) in [5.74, 6) is 0. The van der Waals surface area contributed by atoms with Crippen molar-refractivity contribution in [3.63, 3.8) is 0 Å². The number of aromatic nitrogens is 2. The van der Waals surface area contributed by atoms with Gasteiger partial charge in [-0.2, -0.15) is 0 Å². The molecule has 104 valence electrons. The monoisotopic (exact) mass is 293 g/mol. The standard InChI is InChI=1S/C12H12ClN5O2/c13-12-8-2-1-7(5-9(8)15-6-16-12)11(20)10(19)3-4-17-18-14/h1-2,5-6,10-11,19-20H,3-4H2. The van der Waals surface area contributed by atoms with E-state index in [2.05, 4.69) is 20.0 Å². The minimum absolute atomic E-state index is 0.121. The van der Waals surface area contributed by atoms with Gasteiger partial charge < -0.3 is 10.2 Å². The smallest absolute Gasteiger partial charge is 0.140 e. The minimum atomic E-state index is -1.08. The Morgan fingerprint density at radius 2 is 2.15 bits per heavy atom. The van der Waals surface area contributed by atoms with Crippen molar-refractivity contribution in [2.45, 2.75) is 18.6 Å². The first-order chi connectivity index (χ1) is 9.63. The summed E-state index contributed by atoms with van der Waals surface area (Å²) in [6, 6.07) is 4.99. The van der Waals surface area contributed by atoms with E-state index in [4.69, 9.17) is 17.1 Å². The molecule has 0 saturated carbocycles. The second-order valence-electron chi connectivity index (χ2n) is 4.20. The van der Waals surface area contributed by atoms with Crippen LogP contribution in [0.5, 0.6) is 0 Å². The molecule has 2 atom stereocenters. The summed E-state index contributed by atoms with van der Waals surface area (Å²) in [7, 11) is 0. The van der Waals surface area contributed by atoms with Crippen LogP contribution in [0.3, 0.4) is 0 Å². The van der Waals surface area contributed by atoms with E-state index in [1.165, 1.54) is 6.33 Å².